The van der Waals surface area contributed by atoms with Gasteiger partial charge in [0.25, 0.3) is 0 Å². The minimum absolute atomic E-state index is 0.274. The van der Waals surface area contributed by atoms with Crippen LogP contribution >= 0.6 is 0 Å². The third kappa shape index (κ3) is 3.90. The van der Waals surface area contributed by atoms with Gasteiger partial charge in [0.2, 0.25) is 0 Å². The number of rotatable bonds is 5. The number of hydrogen-bond acceptors (Lipinski definition) is 2. The average molecular weight is 427 g/mol. The van der Waals surface area contributed by atoms with Crippen LogP contribution in [0.1, 0.15) is 79.6 Å². The quantitative estimate of drug-likeness (QED) is 0.337. The molecule has 3 saturated carbocycles. The van der Waals surface area contributed by atoms with Crippen molar-refractivity contribution in [2.24, 2.45) is 40.4 Å². The number of methoxy groups -OCH3 is 2. The summed E-state index contributed by atoms with van der Waals surface area (Å²) in [5.74, 6) is 3.95. The second-order valence-corrected chi connectivity index (χ2v) is 11.9. The summed E-state index contributed by atoms with van der Waals surface area (Å²) in [4.78, 5) is 0. The van der Waals surface area contributed by atoms with E-state index in [1.54, 1.807) is 5.57 Å². The molecule has 0 bridgehead atoms. The first-order valence-corrected chi connectivity index (χ1v) is 12.8. The van der Waals surface area contributed by atoms with Crippen LogP contribution in [-0.2, 0) is 9.47 Å². The van der Waals surface area contributed by atoms with Crippen molar-refractivity contribution in [2.45, 2.75) is 91.8 Å². The van der Waals surface area contributed by atoms with E-state index in [-0.39, 0.29) is 12.2 Å². The van der Waals surface area contributed by atoms with E-state index in [0.29, 0.717) is 16.7 Å². The second-order valence-electron chi connectivity index (χ2n) is 11.9. The Hall–Kier alpha value is -0.860. The third-order valence-corrected chi connectivity index (χ3v) is 10.2. The number of fused-ring (bicyclic) bond motifs is 5. The number of allylic oxidation sites excluding steroid dienone is 4. The minimum atomic E-state index is 0.274. The van der Waals surface area contributed by atoms with Gasteiger partial charge in [0, 0.05) is 14.2 Å². The monoisotopic (exact) mass is 426 g/mol. The highest BCUT2D eigenvalue weighted by Gasteiger charge is 2.61. The van der Waals surface area contributed by atoms with Gasteiger partial charge in [-0.2, -0.15) is 0 Å². The maximum atomic E-state index is 6.16. The van der Waals surface area contributed by atoms with E-state index in [1.807, 2.05) is 14.2 Å². The Labute approximate surface area is 191 Å². The molecular weight excluding hydrogens is 380 g/mol. The van der Waals surface area contributed by atoms with Crippen molar-refractivity contribution in [1.29, 1.82) is 0 Å². The molecule has 0 spiro atoms. The predicted molar refractivity (Wildman–Crippen MR) is 130 cm³/mol. The molecule has 0 aromatic heterocycles. The van der Waals surface area contributed by atoms with Gasteiger partial charge in [0.05, 0.1) is 12.2 Å². The molecule has 0 saturated heterocycles. The van der Waals surface area contributed by atoms with Crippen LogP contribution in [0.25, 0.3) is 0 Å². The van der Waals surface area contributed by atoms with Gasteiger partial charge in [0.1, 0.15) is 0 Å². The van der Waals surface area contributed by atoms with E-state index in [2.05, 4.69) is 58.9 Å². The lowest BCUT2D eigenvalue weighted by molar-refractivity contribution is -0.0928. The number of hydrogen-bond donors (Lipinski definition) is 0. The molecule has 0 N–H and O–H groups in total. The molecule has 9 atom stereocenters. The maximum absolute atomic E-state index is 6.16. The van der Waals surface area contributed by atoms with Crippen molar-refractivity contribution in [3.63, 3.8) is 0 Å². The fourth-order valence-corrected chi connectivity index (χ4v) is 8.59. The van der Waals surface area contributed by atoms with Crippen LogP contribution in [0, 0.1) is 40.4 Å². The highest BCUT2D eigenvalue weighted by atomic mass is 16.5. The zero-order valence-corrected chi connectivity index (χ0v) is 21.1. The van der Waals surface area contributed by atoms with E-state index in [1.165, 1.54) is 44.1 Å². The summed E-state index contributed by atoms with van der Waals surface area (Å²) in [5.41, 5.74) is 3.72. The van der Waals surface area contributed by atoms with Gasteiger partial charge in [-0.1, -0.05) is 50.6 Å². The maximum Gasteiger partial charge on any atom is 0.0790 e. The molecule has 4 rings (SSSR count). The Balaban J connectivity index is 1.60. The van der Waals surface area contributed by atoms with E-state index < -0.39 is 0 Å². The first-order chi connectivity index (χ1) is 14.7. The summed E-state index contributed by atoms with van der Waals surface area (Å²) in [6.07, 6.45) is 19.3. The summed E-state index contributed by atoms with van der Waals surface area (Å²) < 4.78 is 11.9. The van der Waals surface area contributed by atoms with Crippen LogP contribution in [0.15, 0.2) is 35.5 Å². The van der Waals surface area contributed by atoms with Gasteiger partial charge >= 0.3 is 0 Å². The van der Waals surface area contributed by atoms with Crippen LogP contribution in [0.3, 0.4) is 0 Å². The fraction of sp³-hybridized carbons (Fsp3) is 0.793. The molecule has 3 fully saturated rings. The highest BCUT2D eigenvalue weighted by Crippen LogP contribution is 2.67. The van der Waals surface area contributed by atoms with Crippen LogP contribution in [0.5, 0.6) is 0 Å². The van der Waals surface area contributed by atoms with Crippen LogP contribution in [0.2, 0.25) is 0 Å². The minimum Gasteiger partial charge on any atom is -0.377 e. The van der Waals surface area contributed by atoms with Crippen molar-refractivity contribution >= 4 is 0 Å². The van der Waals surface area contributed by atoms with E-state index in [9.17, 15) is 0 Å². The molecular formula is C29H46O2. The Morgan fingerprint density at radius 2 is 1.81 bits per heavy atom. The fourth-order valence-electron chi connectivity index (χ4n) is 8.59. The molecule has 4 aliphatic carbocycles. The van der Waals surface area contributed by atoms with E-state index >= 15 is 0 Å². The lowest BCUT2D eigenvalue weighted by atomic mass is 9.46. The summed E-state index contributed by atoms with van der Waals surface area (Å²) in [6.45, 7) is 12.0. The van der Waals surface area contributed by atoms with Crippen LogP contribution in [0.4, 0.5) is 0 Å². The van der Waals surface area contributed by atoms with Crippen molar-refractivity contribution < 1.29 is 9.47 Å². The molecule has 0 amide bonds. The van der Waals surface area contributed by atoms with Crippen molar-refractivity contribution in [3.05, 3.63) is 35.5 Å². The van der Waals surface area contributed by atoms with Crippen LogP contribution < -0.4 is 0 Å². The lowest BCUT2D eigenvalue weighted by Crippen LogP contribution is -2.54. The molecule has 2 heteroatoms. The summed E-state index contributed by atoms with van der Waals surface area (Å²) in [6, 6.07) is 0. The zero-order valence-electron chi connectivity index (χ0n) is 21.1. The van der Waals surface area contributed by atoms with E-state index in [4.69, 9.17) is 9.47 Å². The van der Waals surface area contributed by atoms with Crippen molar-refractivity contribution in [3.8, 4) is 0 Å². The molecule has 174 valence electrons. The van der Waals surface area contributed by atoms with Crippen molar-refractivity contribution in [1.82, 2.24) is 0 Å². The van der Waals surface area contributed by atoms with Gasteiger partial charge in [-0.15, -0.1) is 0 Å². The molecule has 0 aliphatic heterocycles. The average Bonchev–Trinajstić information content (AvgIpc) is 3.09. The second kappa shape index (κ2) is 8.82. The molecule has 2 nitrogen and oxygen atoms in total. The smallest absolute Gasteiger partial charge is 0.0790 e. The molecule has 0 aromatic rings. The van der Waals surface area contributed by atoms with Gasteiger partial charge in [-0.3, -0.25) is 0 Å². The molecule has 0 radical (unpaired) electrons. The Morgan fingerprint density at radius 1 is 1.03 bits per heavy atom. The topological polar surface area (TPSA) is 18.5 Å². The Kier molecular flexibility index (Phi) is 6.63. The van der Waals surface area contributed by atoms with Crippen molar-refractivity contribution in [2.75, 3.05) is 14.2 Å². The Bertz CT molecular complexity index is 744. The third-order valence-electron chi connectivity index (χ3n) is 10.2. The molecule has 0 aromatic carbocycles. The zero-order chi connectivity index (χ0) is 22.4. The molecule has 2 unspecified atom stereocenters. The Morgan fingerprint density at radius 3 is 2.48 bits per heavy atom. The summed E-state index contributed by atoms with van der Waals surface area (Å²) in [7, 11) is 3.79. The lowest BCUT2D eigenvalue weighted by Gasteiger charge is -2.60. The first kappa shape index (κ1) is 23.3. The highest BCUT2D eigenvalue weighted by molar-refractivity contribution is 5.29. The van der Waals surface area contributed by atoms with E-state index in [0.717, 1.165) is 30.1 Å². The molecule has 31 heavy (non-hydrogen) atoms. The first-order valence-electron chi connectivity index (χ1n) is 12.8. The van der Waals surface area contributed by atoms with Gasteiger partial charge in [-0.25, -0.2) is 0 Å². The molecule has 4 aliphatic rings. The normalized spacial score (nSPS) is 45.5. The van der Waals surface area contributed by atoms with Gasteiger partial charge in [0.15, 0.2) is 0 Å². The number of ether oxygens (including phenoxy) is 2. The standard InChI is InChI=1S/C29H46O2/c1-19(2)9-8-10-20(3)23-11-12-24-22-18-27(31-7)26-17-21(30-6)13-15-29(26,5)25(22)14-16-28(23,24)4/h8-10,17,20-25,27H,11-16,18H2,1-7H3/b10-8+/t20-,21?,22+,23-,24+,25+,27?,28-,29-/m1/s1. The summed E-state index contributed by atoms with van der Waals surface area (Å²) in [5, 5.41) is 0. The summed E-state index contributed by atoms with van der Waals surface area (Å²) >= 11 is 0. The largest absolute Gasteiger partial charge is 0.377 e. The van der Waals surface area contributed by atoms with Gasteiger partial charge in [-0.05, 0) is 105 Å². The molecule has 0 heterocycles. The SMILES string of the molecule is COC1C=C2C(OC)C[C@H]3[C@@H]4CC[C@H]([C@H](C)/C=C/C=C(C)C)[C@@]4(C)CC[C@@H]3[C@@]2(C)CC1. The van der Waals surface area contributed by atoms with Crippen LogP contribution in [-0.4, -0.2) is 26.4 Å². The van der Waals surface area contributed by atoms with Gasteiger partial charge < -0.3 is 9.47 Å². The predicted octanol–water partition coefficient (Wildman–Crippen LogP) is 7.36.